The second-order valence-corrected chi connectivity index (χ2v) is 6.35. The van der Waals surface area contributed by atoms with Crippen LogP contribution in [0.25, 0.3) is 0 Å². The first-order chi connectivity index (χ1) is 10.6. The molecule has 0 radical (unpaired) electrons. The van der Waals surface area contributed by atoms with Crippen molar-refractivity contribution in [1.82, 2.24) is 19.9 Å². The summed E-state index contributed by atoms with van der Waals surface area (Å²) in [5, 5.41) is 6.36. The van der Waals surface area contributed by atoms with Crippen molar-refractivity contribution in [1.29, 1.82) is 0 Å². The quantitative estimate of drug-likeness (QED) is 0.883. The molecule has 0 aromatic carbocycles. The maximum atomic E-state index is 11.8. The predicted octanol–water partition coefficient (Wildman–Crippen LogP) is 1.09. The maximum Gasteiger partial charge on any atom is 0.320 e. The molecule has 0 unspecified atom stereocenters. The van der Waals surface area contributed by atoms with E-state index in [4.69, 9.17) is 0 Å². The number of fused-ring (bicyclic) bond motifs is 1. The van der Waals surface area contributed by atoms with E-state index in [-0.39, 0.29) is 17.4 Å². The molecule has 2 heterocycles. The monoisotopic (exact) mass is 319 g/mol. The number of urea groups is 1. The summed E-state index contributed by atoms with van der Waals surface area (Å²) in [5.74, 6) is 0.244. The molecular weight excluding hydrogens is 302 g/mol. The van der Waals surface area contributed by atoms with Gasteiger partial charge in [-0.15, -0.1) is 11.3 Å². The van der Waals surface area contributed by atoms with Crippen LogP contribution in [-0.2, 0) is 26.3 Å². The first kappa shape index (κ1) is 14.7. The van der Waals surface area contributed by atoms with Crippen molar-refractivity contribution in [2.45, 2.75) is 25.7 Å². The smallest absolute Gasteiger partial charge is 0.320 e. The van der Waals surface area contributed by atoms with Gasteiger partial charge in [0, 0.05) is 31.0 Å². The number of hydrogen-bond acceptors (Lipinski definition) is 5. The third-order valence-corrected chi connectivity index (χ3v) is 4.70. The van der Waals surface area contributed by atoms with Crippen molar-refractivity contribution >= 4 is 23.2 Å². The SMILES string of the molecule is Cn1cnc(NC(=O)NCCc2nc3c(s2)CCC3)cc1=O. The summed E-state index contributed by atoms with van der Waals surface area (Å²) in [7, 11) is 1.60. The molecule has 1 aliphatic rings. The summed E-state index contributed by atoms with van der Waals surface area (Å²) >= 11 is 1.74. The van der Waals surface area contributed by atoms with Crippen LogP contribution in [0.4, 0.5) is 10.6 Å². The zero-order valence-electron chi connectivity index (χ0n) is 12.3. The molecule has 0 aliphatic heterocycles. The number of hydrogen-bond donors (Lipinski definition) is 2. The number of aromatic nitrogens is 3. The topological polar surface area (TPSA) is 88.9 Å². The average Bonchev–Trinajstić information content (AvgIpc) is 3.04. The fraction of sp³-hybridized carbons (Fsp3) is 0.429. The van der Waals surface area contributed by atoms with Crippen LogP contribution in [0, 0.1) is 0 Å². The van der Waals surface area contributed by atoms with E-state index in [0.29, 0.717) is 6.54 Å². The fourth-order valence-electron chi connectivity index (χ4n) is 2.32. The van der Waals surface area contributed by atoms with Gasteiger partial charge in [0.2, 0.25) is 0 Å². The van der Waals surface area contributed by atoms with E-state index in [9.17, 15) is 9.59 Å². The third-order valence-electron chi connectivity index (χ3n) is 3.48. The van der Waals surface area contributed by atoms with Gasteiger partial charge in [0.15, 0.2) is 0 Å². The summed E-state index contributed by atoms with van der Waals surface area (Å²) in [6.45, 7) is 0.503. The van der Waals surface area contributed by atoms with Crippen LogP contribution in [0.1, 0.15) is 22.0 Å². The second-order valence-electron chi connectivity index (χ2n) is 5.19. The van der Waals surface area contributed by atoms with Crippen molar-refractivity contribution in [3.8, 4) is 0 Å². The highest BCUT2D eigenvalue weighted by Gasteiger charge is 2.16. The molecule has 8 heteroatoms. The van der Waals surface area contributed by atoms with E-state index in [1.165, 1.54) is 34.0 Å². The Bertz CT molecular complexity index is 730. The highest BCUT2D eigenvalue weighted by atomic mass is 32.1. The van der Waals surface area contributed by atoms with Crippen LogP contribution in [0.5, 0.6) is 0 Å². The molecule has 2 aromatic rings. The standard InChI is InChI=1S/C14H17N5O2S/c1-19-8-16-11(7-13(19)20)18-14(21)15-6-5-12-17-9-3-2-4-10(9)22-12/h7-8H,2-6H2,1H3,(H2,15,18,21). The van der Waals surface area contributed by atoms with Crippen LogP contribution >= 0.6 is 11.3 Å². The van der Waals surface area contributed by atoms with Gasteiger partial charge in [-0.25, -0.2) is 14.8 Å². The molecule has 1 aliphatic carbocycles. The van der Waals surface area contributed by atoms with Gasteiger partial charge in [-0.05, 0) is 19.3 Å². The minimum absolute atomic E-state index is 0.220. The summed E-state index contributed by atoms with van der Waals surface area (Å²) in [5.41, 5.74) is 1.01. The number of amides is 2. The molecule has 116 valence electrons. The van der Waals surface area contributed by atoms with Gasteiger partial charge in [0.05, 0.1) is 17.0 Å². The summed E-state index contributed by atoms with van der Waals surface area (Å²) in [6, 6.07) is 0.912. The summed E-state index contributed by atoms with van der Waals surface area (Å²) < 4.78 is 1.34. The molecule has 0 bridgehead atoms. The van der Waals surface area contributed by atoms with Crippen LogP contribution in [0.15, 0.2) is 17.2 Å². The van der Waals surface area contributed by atoms with E-state index < -0.39 is 0 Å². The highest BCUT2D eigenvalue weighted by molar-refractivity contribution is 7.11. The molecule has 2 N–H and O–H groups in total. The van der Waals surface area contributed by atoms with Crippen LogP contribution < -0.4 is 16.2 Å². The van der Waals surface area contributed by atoms with Gasteiger partial charge < -0.3 is 9.88 Å². The molecular formula is C14H17N5O2S. The highest BCUT2D eigenvalue weighted by Crippen LogP contribution is 2.27. The Hall–Kier alpha value is -2.22. The normalized spacial score (nSPS) is 13.0. The van der Waals surface area contributed by atoms with Crippen molar-refractivity contribution in [3.05, 3.63) is 38.3 Å². The van der Waals surface area contributed by atoms with Gasteiger partial charge in [-0.1, -0.05) is 0 Å². The number of nitrogens with zero attached hydrogens (tertiary/aromatic N) is 3. The number of carbonyl (C=O) groups is 1. The van der Waals surface area contributed by atoms with E-state index in [0.717, 1.165) is 24.3 Å². The number of thiazole rings is 1. The molecule has 2 aromatic heterocycles. The van der Waals surface area contributed by atoms with E-state index in [1.54, 1.807) is 18.4 Å². The van der Waals surface area contributed by atoms with Crippen LogP contribution in [0.2, 0.25) is 0 Å². The van der Waals surface area contributed by atoms with E-state index >= 15 is 0 Å². The fourth-order valence-corrected chi connectivity index (χ4v) is 3.48. The number of aryl methyl sites for hydroxylation is 3. The Balaban J connectivity index is 1.47. The Kier molecular flexibility index (Phi) is 4.19. The van der Waals surface area contributed by atoms with E-state index in [1.807, 2.05) is 0 Å². The lowest BCUT2D eigenvalue weighted by molar-refractivity contribution is 0.252. The van der Waals surface area contributed by atoms with Crippen LogP contribution in [-0.4, -0.2) is 27.1 Å². The third kappa shape index (κ3) is 3.33. The predicted molar refractivity (Wildman–Crippen MR) is 84.3 cm³/mol. The maximum absolute atomic E-state index is 11.8. The molecule has 0 fully saturated rings. The molecule has 7 nitrogen and oxygen atoms in total. The number of carbonyl (C=O) groups excluding carboxylic acids is 1. The lowest BCUT2D eigenvalue weighted by Gasteiger charge is -2.06. The number of anilines is 1. The largest absolute Gasteiger partial charge is 0.337 e. The van der Waals surface area contributed by atoms with Gasteiger partial charge in [-0.3, -0.25) is 10.1 Å². The van der Waals surface area contributed by atoms with E-state index in [2.05, 4.69) is 20.6 Å². The molecule has 2 amide bonds. The Labute approximate surface area is 131 Å². The molecule has 0 saturated heterocycles. The first-order valence-electron chi connectivity index (χ1n) is 7.17. The zero-order chi connectivity index (χ0) is 15.5. The van der Waals surface area contributed by atoms with Crippen molar-refractivity contribution < 1.29 is 4.79 Å². The lowest BCUT2D eigenvalue weighted by Crippen LogP contribution is -2.31. The molecule has 0 atom stereocenters. The second kappa shape index (κ2) is 6.27. The summed E-state index contributed by atoms with van der Waals surface area (Å²) in [4.78, 5) is 33.1. The Morgan fingerprint density at radius 1 is 1.45 bits per heavy atom. The van der Waals surface area contributed by atoms with Crippen molar-refractivity contribution in [2.75, 3.05) is 11.9 Å². The zero-order valence-corrected chi connectivity index (χ0v) is 13.1. The van der Waals surface area contributed by atoms with Crippen molar-refractivity contribution in [3.63, 3.8) is 0 Å². The number of rotatable bonds is 4. The molecule has 22 heavy (non-hydrogen) atoms. The van der Waals surface area contributed by atoms with Gasteiger partial charge >= 0.3 is 6.03 Å². The summed E-state index contributed by atoms with van der Waals surface area (Å²) in [6.07, 6.45) is 5.51. The first-order valence-corrected chi connectivity index (χ1v) is 7.98. The van der Waals surface area contributed by atoms with Gasteiger partial charge in [0.25, 0.3) is 5.56 Å². The Morgan fingerprint density at radius 3 is 3.09 bits per heavy atom. The van der Waals surface area contributed by atoms with Gasteiger partial charge in [0.1, 0.15) is 5.82 Å². The Morgan fingerprint density at radius 2 is 2.32 bits per heavy atom. The molecule has 0 spiro atoms. The van der Waals surface area contributed by atoms with Crippen LogP contribution in [0.3, 0.4) is 0 Å². The number of nitrogens with one attached hydrogen (secondary N) is 2. The minimum atomic E-state index is -0.371. The molecule has 0 saturated carbocycles. The van der Waals surface area contributed by atoms with Crippen molar-refractivity contribution in [2.24, 2.45) is 7.05 Å². The minimum Gasteiger partial charge on any atom is -0.337 e. The lowest BCUT2D eigenvalue weighted by atomic mass is 10.3. The average molecular weight is 319 g/mol. The van der Waals surface area contributed by atoms with Gasteiger partial charge in [-0.2, -0.15) is 0 Å². The molecule has 3 rings (SSSR count).